The lowest BCUT2D eigenvalue weighted by Gasteiger charge is -2.11. The van der Waals surface area contributed by atoms with Crippen LogP contribution in [0.25, 0.3) is 11.3 Å². The third kappa shape index (κ3) is 4.60. The highest BCUT2D eigenvalue weighted by Crippen LogP contribution is 2.33. The van der Waals surface area contributed by atoms with Crippen molar-refractivity contribution in [3.63, 3.8) is 0 Å². The number of alkyl halides is 3. The molecule has 0 saturated heterocycles. The molecule has 0 atom stereocenters. The largest absolute Gasteiger partial charge is 0.417 e. The van der Waals surface area contributed by atoms with Gasteiger partial charge in [-0.1, -0.05) is 35.0 Å². The van der Waals surface area contributed by atoms with Crippen molar-refractivity contribution in [1.82, 2.24) is 29.4 Å². The molecule has 4 aromatic rings. The van der Waals surface area contributed by atoms with Gasteiger partial charge in [0.2, 0.25) is 5.91 Å². The van der Waals surface area contributed by atoms with E-state index < -0.39 is 17.6 Å². The Morgan fingerprint density at radius 2 is 2.00 bits per heavy atom. The number of anilines is 1. The fraction of sp³-hybridized carbons (Fsp3) is 0.118. The normalized spacial score (nSPS) is 11.8. The summed E-state index contributed by atoms with van der Waals surface area (Å²) in [5, 5.41) is 14.6. The average molecular weight is 488 g/mol. The molecule has 8 nitrogen and oxygen atoms in total. The minimum absolute atomic E-state index is 0.0564. The van der Waals surface area contributed by atoms with Gasteiger partial charge in [0.25, 0.3) is 0 Å². The number of hydrogen-bond acceptors (Lipinski definition) is 6. The lowest BCUT2D eigenvalue weighted by Crippen LogP contribution is -2.16. The number of pyridine rings is 1. The Balaban J connectivity index is 1.53. The summed E-state index contributed by atoms with van der Waals surface area (Å²) in [7, 11) is 0. The second kappa shape index (κ2) is 8.36. The van der Waals surface area contributed by atoms with E-state index in [2.05, 4.69) is 25.6 Å². The molecule has 1 aromatic carbocycles. The zero-order chi connectivity index (χ0) is 22.2. The standard InChI is InChI=1S/C17H10Cl2F3N7OS/c18-10-1-2-13(29-8-23-7-24-29)12(4-10)25-14(30)6-31-16-27-26-15-11(19)3-9(5-28(15)16)17(20,21)22/h1-5,7-8H,6H2,(H,25,30). The molecule has 0 aliphatic rings. The number of fused-ring (bicyclic) bond motifs is 1. The summed E-state index contributed by atoms with van der Waals surface area (Å²) in [6, 6.07) is 5.61. The van der Waals surface area contributed by atoms with Crippen LogP contribution < -0.4 is 5.32 Å². The second-order valence-electron chi connectivity index (χ2n) is 6.09. The number of hydrogen-bond donors (Lipinski definition) is 1. The van der Waals surface area contributed by atoms with E-state index in [9.17, 15) is 18.0 Å². The Hall–Kier alpha value is -2.83. The first kappa shape index (κ1) is 21.4. The molecule has 0 aliphatic heterocycles. The van der Waals surface area contributed by atoms with Gasteiger partial charge >= 0.3 is 6.18 Å². The Labute approximate surface area is 186 Å². The molecular weight excluding hydrogens is 478 g/mol. The fourth-order valence-electron chi connectivity index (χ4n) is 2.64. The summed E-state index contributed by atoms with van der Waals surface area (Å²) < 4.78 is 41.8. The molecule has 14 heteroatoms. The van der Waals surface area contributed by atoms with Crippen molar-refractivity contribution in [2.24, 2.45) is 0 Å². The number of carbonyl (C=O) groups is 1. The van der Waals surface area contributed by atoms with Crippen molar-refractivity contribution in [1.29, 1.82) is 0 Å². The van der Waals surface area contributed by atoms with Crippen molar-refractivity contribution in [3.05, 3.63) is 58.7 Å². The number of amides is 1. The highest BCUT2D eigenvalue weighted by atomic mass is 35.5. The third-order valence-corrected chi connectivity index (χ3v) is 5.44. The van der Waals surface area contributed by atoms with Crippen LogP contribution in [0.1, 0.15) is 5.56 Å². The first-order chi connectivity index (χ1) is 14.7. The Bertz CT molecular complexity index is 1260. The van der Waals surface area contributed by atoms with Gasteiger partial charge in [0, 0.05) is 11.2 Å². The minimum Gasteiger partial charge on any atom is -0.323 e. The van der Waals surface area contributed by atoms with Gasteiger partial charge in [-0.15, -0.1) is 10.2 Å². The highest BCUT2D eigenvalue weighted by Gasteiger charge is 2.32. The molecule has 160 valence electrons. The number of thioether (sulfide) groups is 1. The van der Waals surface area contributed by atoms with Gasteiger partial charge in [-0.2, -0.15) is 18.3 Å². The average Bonchev–Trinajstić information content (AvgIpc) is 3.36. The molecule has 31 heavy (non-hydrogen) atoms. The lowest BCUT2D eigenvalue weighted by atomic mass is 10.2. The van der Waals surface area contributed by atoms with Crippen molar-refractivity contribution < 1.29 is 18.0 Å². The number of carbonyl (C=O) groups excluding carboxylic acids is 1. The summed E-state index contributed by atoms with van der Waals surface area (Å²) in [6.07, 6.45) is -0.961. The van der Waals surface area contributed by atoms with Crippen LogP contribution in [-0.2, 0) is 11.0 Å². The molecule has 0 saturated carbocycles. The smallest absolute Gasteiger partial charge is 0.323 e. The van der Waals surface area contributed by atoms with Gasteiger partial charge in [0.15, 0.2) is 10.8 Å². The maximum absolute atomic E-state index is 13.1. The fourth-order valence-corrected chi connectivity index (χ4v) is 3.77. The van der Waals surface area contributed by atoms with E-state index >= 15 is 0 Å². The molecule has 0 spiro atoms. The number of benzene rings is 1. The zero-order valence-electron chi connectivity index (χ0n) is 15.1. The molecule has 0 radical (unpaired) electrons. The van der Waals surface area contributed by atoms with Gasteiger partial charge < -0.3 is 5.32 Å². The third-order valence-electron chi connectivity index (χ3n) is 3.99. The first-order valence-corrected chi connectivity index (χ1v) is 10.2. The van der Waals surface area contributed by atoms with Crippen LogP contribution in [-0.4, -0.2) is 41.0 Å². The topological polar surface area (TPSA) is 90.0 Å². The van der Waals surface area contributed by atoms with Gasteiger partial charge in [0.1, 0.15) is 12.7 Å². The Kier molecular flexibility index (Phi) is 5.77. The number of aromatic nitrogens is 6. The summed E-state index contributed by atoms with van der Waals surface area (Å²) in [5.41, 5.74) is 0.0280. The Morgan fingerprint density at radius 3 is 2.71 bits per heavy atom. The molecule has 3 aromatic heterocycles. The maximum Gasteiger partial charge on any atom is 0.417 e. The summed E-state index contributed by atoms with van der Waals surface area (Å²) in [5.74, 6) is -0.596. The number of nitrogens with zero attached hydrogens (tertiary/aromatic N) is 6. The van der Waals surface area contributed by atoms with Crippen molar-refractivity contribution in [2.75, 3.05) is 11.1 Å². The van der Waals surface area contributed by atoms with Gasteiger partial charge in [-0.05, 0) is 24.3 Å². The number of halogens is 5. The summed E-state index contributed by atoms with van der Waals surface area (Å²) >= 11 is 12.8. The molecule has 1 amide bonds. The van der Waals surface area contributed by atoms with Crippen LogP contribution in [0.5, 0.6) is 0 Å². The predicted octanol–water partition coefficient (Wildman–Crippen LogP) is 4.37. The summed E-state index contributed by atoms with van der Waals surface area (Å²) in [4.78, 5) is 16.4. The molecule has 3 heterocycles. The van der Waals surface area contributed by atoms with Gasteiger partial charge in [0.05, 0.1) is 27.7 Å². The van der Waals surface area contributed by atoms with Crippen LogP contribution in [0.3, 0.4) is 0 Å². The van der Waals surface area contributed by atoms with E-state index in [4.69, 9.17) is 23.2 Å². The molecular formula is C17H10Cl2F3N7OS. The molecule has 0 bridgehead atoms. The van der Waals surface area contributed by atoms with Crippen LogP contribution in [0, 0.1) is 0 Å². The lowest BCUT2D eigenvalue weighted by molar-refractivity contribution is -0.137. The number of nitrogens with one attached hydrogen (secondary N) is 1. The van der Waals surface area contributed by atoms with E-state index in [1.807, 2.05) is 0 Å². The van der Waals surface area contributed by atoms with E-state index in [0.29, 0.717) is 16.4 Å². The van der Waals surface area contributed by atoms with Gasteiger partial charge in [-0.25, -0.2) is 9.67 Å². The zero-order valence-corrected chi connectivity index (χ0v) is 17.5. The van der Waals surface area contributed by atoms with Crippen molar-refractivity contribution in [3.8, 4) is 5.69 Å². The molecule has 0 aliphatic carbocycles. The molecule has 1 N–H and O–H groups in total. The van der Waals surface area contributed by atoms with Crippen molar-refractivity contribution >= 4 is 52.2 Å². The van der Waals surface area contributed by atoms with Crippen LogP contribution in [0.15, 0.2) is 48.3 Å². The molecule has 0 unspecified atom stereocenters. The first-order valence-electron chi connectivity index (χ1n) is 8.41. The second-order valence-corrected chi connectivity index (χ2v) is 7.88. The van der Waals surface area contributed by atoms with E-state index in [0.717, 1.165) is 28.4 Å². The van der Waals surface area contributed by atoms with Crippen LogP contribution in [0.4, 0.5) is 18.9 Å². The maximum atomic E-state index is 13.1. The number of rotatable bonds is 5. The SMILES string of the molecule is O=C(CSc1nnc2c(Cl)cc(C(F)(F)F)cn12)Nc1cc(Cl)ccc1-n1cncn1. The quantitative estimate of drug-likeness (QED) is 0.420. The van der Waals surface area contributed by atoms with E-state index in [-0.39, 0.29) is 21.6 Å². The molecule has 4 rings (SSSR count). The van der Waals surface area contributed by atoms with Gasteiger partial charge in [-0.3, -0.25) is 9.20 Å². The van der Waals surface area contributed by atoms with Crippen molar-refractivity contribution in [2.45, 2.75) is 11.3 Å². The summed E-state index contributed by atoms with van der Waals surface area (Å²) in [6.45, 7) is 0. The minimum atomic E-state index is -4.59. The van der Waals surface area contributed by atoms with E-state index in [1.54, 1.807) is 18.2 Å². The Morgan fingerprint density at radius 1 is 1.19 bits per heavy atom. The van der Waals surface area contributed by atoms with Crippen LogP contribution >= 0.6 is 35.0 Å². The molecule has 0 fully saturated rings. The highest BCUT2D eigenvalue weighted by molar-refractivity contribution is 7.99. The predicted molar refractivity (Wildman–Crippen MR) is 109 cm³/mol. The van der Waals surface area contributed by atoms with Crippen LogP contribution in [0.2, 0.25) is 10.0 Å². The van der Waals surface area contributed by atoms with E-state index in [1.165, 1.54) is 17.3 Å². The monoisotopic (exact) mass is 487 g/mol.